The van der Waals surface area contributed by atoms with Gasteiger partial charge in [0.1, 0.15) is 6.10 Å². The number of hydrazine groups is 1. The molecule has 7 nitrogen and oxygen atoms in total. The van der Waals surface area contributed by atoms with E-state index in [0.717, 1.165) is 12.8 Å². The number of rotatable bonds is 5. The van der Waals surface area contributed by atoms with Gasteiger partial charge in [0.05, 0.1) is 6.10 Å². The fourth-order valence-electron chi connectivity index (χ4n) is 1.87. The molecule has 0 bridgehead atoms. The molecule has 1 fully saturated rings. The first kappa shape index (κ1) is 12.8. The van der Waals surface area contributed by atoms with Crippen LogP contribution in [0, 0.1) is 0 Å². The Morgan fingerprint density at radius 2 is 1.83 bits per heavy atom. The molecule has 0 aliphatic heterocycles. The van der Waals surface area contributed by atoms with E-state index >= 15 is 0 Å². The van der Waals surface area contributed by atoms with Crippen molar-refractivity contribution in [2.24, 2.45) is 5.84 Å². The Hall–Kier alpha value is -1.63. The summed E-state index contributed by atoms with van der Waals surface area (Å²) >= 11 is 0. The molecule has 0 saturated heterocycles. The summed E-state index contributed by atoms with van der Waals surface area (Å²) in [6.07, 6.45) is 4.62. The lowest BCUT2D eigenvalue weighted by atomic mass is 10.3. The van der Waals surface area contributed by atoms with E-state index in [0.29, 0.717) is 0 Å². The minimum Gasteiger partial charge on any atom is -0.461 e. The van der Waals surface area contributed by atoms with Gasteiger partial charge in [-0.25, -0.2) is 5.84 Å². The largest absolute Gasteiger partial charge is 0.461 e. The molecule has 1 aliphatic rings. The second kappa shape index (κ2) is 5.81. The van der Waals surface area contributed by atoms with Gasteiger partial charge in [-0.3, -0.25) is 5.43 Å². The zero-order valence-corrected chi connectivity index (χ0v) is 10.7. The first-order valence-electron chi connectivity index (χ1n) is 6.23. The molecule has 1 aliphatic carbocycles. The number of nitrogen functional groups attached to an aromatic ring is 1. The second-order valence-corrected chi connectivity index (χ2v) is 4.56. The summed E-state index contributed by atoms with van der Waals surface area (Å²) in [5.41, 5.74) is 2.38. The maximum atomic E-state index is 5.70. The number of anilines is 1. The van der Waals surface area contributed by atoms with Crippen LogP contribution in [0.2, 0.25) is 0 Å². The van der Waals surface area contributed by atoms with Crippen LogP contribution < -0.4 is 20.7 Å². The average molecular weight is 253 g/mol. The summed E-state index contributed by atoms with van der Waals surface area (Å²) < 4.78 is 11.1. The van der Waals surface area contributed by atoms with Crippen molar-refractivity contribution < 1.29 is 9.47 Å². The lowest BCUT2D eigenvalue weighted by Gasteiger charge is -2.13. The van der Waals surface area contributed by atoms with Crippen molar-refractivity contribution in [3.05, 3.63) is 0 Å². The molecule has 100 valence electrons. The number of ether oxygens (including phenoxy) is 2. The Balaban J connectivity index is 2.11. The number of aromatic nitrogens is 3. The van der Waals surface area contributed by atoms with Crippen LogP contribution in [0.15, 0.2) is 0 Å². The normalized spacial score (nSPS) is 16.0. The average Bonchev–Trinajstić information content (AvgIpc) is 2.80. The van der Waals surface area contributed by atoms with Gasteiger partial charge in [-0.15, -0.1) is 4.98 Å². The van der Waals surface area contributed by atoms with Crippen LogP contribution in [-0.2, 0) is 0 Å². The third-order valence-corrected chi connectivity index (χ3v) is 2.64. The summed E-state index contributed by atoms with van der Waals surface area (Å²) in [5, 5.41) is 0. The lowest BCUT2D eigenvalue weighted by molar-refractivity contribution is 0.179. The van der Waals surface area contributed by atoms with Gasteiger partial charge in [0.15, 0.2) is 0 Å². The first-order chi connectivity index (χ1) is 8.67. The standard InChI is InChI=1S/C11H19N5O2/c1-7(2)17-10-13-9(16-12)14-11(15-10)18-8-5-3-4-6-8/h7-8H,3-6,12H2,1-2H3,(H,13,14,15,16). The highest BCUT2D eigenvalue weighted by atomic mass is 16.5. The molecule has 2 rings (SSSR count). The number of hydrogen-bond acceptors (Lipinski definition) is 7. The van der Waals surface area contributed by atoms with Crippen LogP contribution >= 0.6 is 0 Å². The van der Waals surface area contributed by atoms with E-state index in [2.05, 4.69) is 20.4 Å². The molecule has 3 N–H and O–H groups in total. The van der Waals surface area contributed by atoms with Gasteiger partial charge in [-0.05, 0) is 39.5 Å². The summed E-state index contributed by atoms with van der Waals surface area (Å²) in [4.78, 5) is 12.2. The second-order valence-electron chi connectivity index (χ2n) is 4.56. The van der Waals surface area contributed by atoms with Crippen LogP contribution in [0.1, 0.15) is 39.5 Å². The molecule has 1 aromatic rings. The summed E-state index contributed by atoms with van der Waals surface area (Å²) in [5.74, 6) is 5.56. The predicted octanol–water partition coefficient (Wildman–Crippen LogP) is 1.27. The quantitative estimate of drug-likeness (QED) is 0.602. The molecule has 0 spiro atoms. The Labute approximate surface area is 106 Å². The number of nitrogens with two attached hydrogens (primary N) is 1. The fraction of sp³-hybridized carbons (Fsp3) is 0.727. The Morgan fingerprint density at radius 1 is 1.17 bits per heavy atom. The minimum absolute atomic E-state index is 0.0163. The molecule has 7 heteroatoms. The van der Waals surface area contributed by atoms with Gasteiger partial charge in [0, 0.05) is 0 Å². The van der Waals surface area contributed by atoms with E-state index in [4.69, 9.17) is 15.3 Å². The molecular weight excluding hydrogens is 234 g/mol. The molecule has 1 heterocycles. The van der Waals surface area contributed by atoms with Gasteiger partial charge < -0.3 is 9.47 Å². The lowest BCUT2D eigenvalue weighted by Crippen LogP contribution is -2.18. The van der Waals surface area contributed by atoms with Gasteiger partial charge in [-0.2, -0.15) is 9.97 Å². The van der Waals surface area contributed by atoms with Crippen molar-refractivity contribution in [2.75, 3.05) is 5.43 Å². The SMILES string of the molecule is CC(C)Oc1nc(NN)nc(OC2CCCC2)n1. The highest BCUT2D eigenvalue weighted by Crippen LogP contribution is 2.23. The van der Waals surface area contributed by atoms with E-state index in [1.165, 1.54) is 12.8 Å². The van der Waals surface area contributed by atoms with Crippen LogP contribution in [0.4, 0.5) is 5.95 Å². The maximum absolute atomic E-state index is 5.70. The topological polar surface area (TPSA) is 95.2 Å². The first-order valence-corrected chi connectivity index (χ1v) is 6.23. The van der Waals surface area contributed by atoms with E-state index in [-0.39, 0.29) is 30.2 Å². The van der Waals surface area contributed by atoms with E-state index < -0.39 is 0 Å². The predicted molar refractivity (Wildman–Crippen MR) is 66.3 cm³/mol. The Morgan fingerprint density at radius 3 is 2.44 bits per heavy atom. The Bertz CT molecular complexity index is 393. The van der Waals surface area contributed by atoms with Crippen LogP contribution in [0.3, 0.4) is 0 Å². The van der Waals surface area contributed by atoms with Crippen molar-refractivity contribution in [1.82, 2.24) is 15.0 Å². The number of nitrogens with zero attached hydrogens (tertiary/aromatic N) is 3. The molecule has 0 radical (unpaired) electrons. The number of hydrogen-bond donors (Lipinski definition) is 2. The molecular formula is C11H19N5O2. The summed E-state index contributed by atoms with van der Waals surface area (Å²) in [6, 6.07) is 0.487. The van der Waals surface area contributed by atoms with Crippen LogP contribution in [0.5, 0.6) is 12.0 Å². The molecule has 1 aromatic heterocycles. The highest BCUT2D eigenvalue weighted by molar-refractivity contribution is 5.25. The smallest absolute Gasteiger partial charge is 0.324 e. The molecule has 0 atom stereocenters. The molecule has 0 unspecified atom stereocenters. The van der Waals surface area contributed by atoms with E-state index in [1.54, 1.807) is 0 Å². The molecule has 1 saturated carbocycles. The van der Waals surface area contributed by atoms with E-state index in [9.17, 15) is 0 Å². The van der Waals surface area contributed by atoms with E-state index in [1.807, 2.05) is 13.8 Å². The van der Waals surface area contributed by atoms with Crippen molar-refractivity contribution in [3.8, 4) is 12.0 Å². The summed E-state index contributed by atoms with van der Waals surface area (Å²) in [7, 11) is 0. The van der Waals surface area contributed by atoms with Crippen molar-refractivity contribution >= 4 is 5.95 Å². The van der Waals surface area contributed by atoms with Gasteiger partial charge >= 0.3 is 12.0 Å². The van der Waals surface area contributed by atoms with Crippen LogP contribution in [0.25, 0.3) is 0 Å². The summed E-state index contributed by atoms with van der Waals surface area (Å²) in [6.45, 7) is 3.80. The monoisotopic (exact) mass is 253 g/mol. The van der Waals surface area contributed by atoms with Gasteiger partial charge in [0.25, 0.3) is 0 Å². The van der Waals surface area contributed by atoms with Gasteiger partial charge in [0.2, 0.25) is 5.95 Å². The van der Waals surface area contributed by atoms with Crippen LogP contribution in [-0.4, -0.2) is 27.2 Å². The molecule has 0 aromatic carbocycles. The zero-order valence-electron chi connectivity index (χ0n) is 10.7. The zero-order chi connectivity index (χ0) is 13.0. The van der Waals surface area contributed by atoms with Crippen molar-refractivity contribution in [3.63, 3.8) is 0 Å². The third kappa shape index (κ3) is 3.43. The maximum Gasteiger partial charge on any atom is 0.324 e. The van der Waals surface area contributed by atoms with Gasteiger partial charge in [-0.1, -0.05) is 0 Å². The molecule has 18 heavy (non-hydrogen) atoms. The highest BCUT2D eigenvalue weighted by Gasteiger charge is 2.19. The fourth-order valence-corrected chi connectivity index (χ4v) is 1.87. The third-order valence-electron chi connectivity index (χ3n) is 2.64. The number of nitrogens with one attached hydrogen (secondary N) is 1. The minimum atomic E-state index is -0.0163. The molecule has 0 amide bonds. The Kier molecular flexibility index (Phi) is 4.14. The van der Waals surface area contributed by atoms with Crippen molar-refractivity contribution in [2.45, 2.75) is 51.7 Å². The van der Waals surface area contributed by atoms with Crippen molar-refractivity contribution in [1.29, 1.82) is 0 Å².